The number of amides is 1. The molecule has 2 fully saturated rings. The first-order chi connectivity index (χ1) is 9.20. The highest BCUT2D eigenvalue weighted by molar-refractivity contribution is 5.84. The molecule has 1 heterocycles. The summed E-state index contributed by atoms with van der Waals surface area (Å²) in [5.41, 5.74) is 4.89. The number of nitrogens with one attached hydrogen (secondary N) is 1. The second-order valence-corrected chi connectivity index (χ2v) is 7.29. The molecule has 2 rings (SSSR count). The molecule has 116 valence electrons. The monoisotopic (exact) mass is 283 g/mol. The number of rotatable bonds is 6. The smallest absolute Gasteiger partial charge is 0.237 e. The summed E-state index contributed by atoms with van der Waals surface area (Å²) in [6.07, 6.45) is 3.30. The number of morpholine rings is 1. The Kier molecular flexibility index (Phi) is 4.42. The van der Waals surface area contributed by atoms with E-state index in [4.69, 9.17) is 10.5 Å². The Balaban J connectivity index is 1.90. The summed E-state index contributed by atoms with van der Waals surface area (Å²) < 4.78 is 5.91. The largest absolute Gasteiger partial charge is 0.370 e. The predicted octanol–water partition coefficient (Wildman–Crippen LogP) is 0.872. The van der Waals surface area contributed by atoms with Crippen LogP contribution >= 0.6 is 0 Å². The lowest BCUT2D eigenvalue weighted by molar-refractivity contribution is -0.132. The van der Waals surface area contributed by atoms with Crippen molar-refractivity contribution in [3.8, 4) is 0 Å². The molecular formula is C15H29N3O2. The van der Waals surface area contributed by atoms with E-state index < -0.39 is 5.54 Å². The normalized spacial score (nSPS) is 29.9. The van der Waals surface area contributed by atoms with Crippen LogP contribution < -0.4 is 11.1 Å². The molecule has 2 atom stereocenters. The number of carbonyl (C=O) groups excluding carboxylic acids is 1. The number of ether oxygens (including phenoxy) is 1. The Labute approximate surface area is 122 Å². The number of nitrogens with zero attached hydrogens (tertiary/aromatic N) is 1. The van der Waals surface area contributed by atoms with Gasteiger partial charge in [0, 0.05) is 25.7 Å². The van der Waals surface area contributed by atoms with Crippen LogP contribution in [0.5, 0.6) is 0 Å². The molecule has 5 nitrogen and oxygen atoms in total. The molecule has 0 aromatic rings. The Hall–Kier alpha value is -0.650. The van der Waals surface area contributed by atoms with Crippen LogP contribution in [0.2, 0.25) is 0 Å². The van der Waals surface area contributed by atoms with Gasteiger partial charge in [-0.05, 0) is 47.0 Å². The molecule has 0 bridgehead atoms. The van der Waals surface area contributed by atoms with Gasteiger partial charge in [-0.15, -0.1) is 0 Å². The van der Waals surface area contributed by atoms with Crippen molar-refractivity contribution in [3.63, 3.8) is 0 Å². The van der Waals surface area contributed by atoms with E-state index in [9.17, 15) is 4.79 Å². The van der Waals surface area contributed by atoms with Crippen molar-refractivity contribution in [1.29, 1.82) is 0 Å². The van der Waals surface area contributed by atoms with Gasteiger partial charge in [0.1, 0.15) is 0 Å². The van der Waals surface area contributed by atoms with Crippen molar-refractivity contribution in [2.24, 2.45) is 5.73 Å². The van der Waals surface area contributed by atoms with Crippen LogP contribution in [0, 0.1) is 0 Å². The fourth-order valence-corrected chi connectivity index (χ4v) is 3.08. The topological polar surface area (TPSA) is 67.6 Å². The molecule has 1 saturated heterocycles. The molecule has 1 amide bonds. The highest BCUT2D eigenvalue weighted by Gasteiger charge is 2.38. The summed E-state index contributed by atoms with van der Waals surface area (Å²) in [5, 5.41) is 3.41. The standard InChI is InChI=1S/C15H29N3O2/c1-11-9-18(10-14(2,3)20-11)8-7-15(4,13(16)19)17-12-5-6-12/h11-12,17H,5-10H2,1-4H3,(H2,16,19). The fraction of sp³-hybridized carbons (Fsp3) is 0.933. The minimum absolute atomic E-state index is 0.120. The zero-order chi connectivity index (χ0) is 15.0. The lowest BCUT2D eigenvalue weighted by Gasteiger charge is -2.42. The minimum Gasteiger partial charge on any atom is -0.370 e. The van der Waals surface area contributed by atoms with Crippen LogP contribution in [0.25, 0.3) is 0 Å². The van der Waals surface area contributed by atoms with Crippen LogP contribution in [0.4, 0.5) is 0 Å². The van der Waals surface area contributed by atoms with Crippen LogP contribution in [0.1, 0.15) is 47.0 Å². The summed E-state index contributed by atoms with van der Waals surface area (Å²) in [5.74, 6) is -0.245. The molecule has 0 spiro atoms. The molecule has 1 saturated carbocycles. The highest BCUT2D eigenvalue weighted by Crippen LogP contribution is 2.25. The lowest BCUT2D eigenvalue weighted by Crippen LogP contribution is -2.57. The highest BCUT2D eigenvalue weighted by atomic mass is 16.5. The summed E-state index contributed by atoms with van der Waals surface area (Å²) >= 11 is 0. The zero-order valence-corrected chi connectivity index (χ0v) is 13.2. The van der Waals surface area contributed by atoms with E-state index in [1.54, 1.807) is 0 Å². The molecule has 20 heavy (non-hydrogen) atoms. The number of hydrogen-bond acceptors (Lipinski definition) is 4. The first kappa shape index (κ1) is 15.7. The Bertz CT molecular complexity index is 368. The van der Waals surface area contributed by atoms with Gasteiger partial charge in [-0.3, -0.25) is 9.69 Å². The lowest BCUT2D eigenvalue weighted by atomic mass is 9.95. The van der Waals surface area contributed by atoms with Crippen molar-refractivity contribution >= 4 is 5.91 Å². The molecule has 1 aliphatic carbocycles. The first-order valence-electron chi connectivity index (χ1n) is 7.68. The second kappa shape index (κ2) is 5.62. The minimum atomic E-state index is -0.590. The summed E-state index contributed by atoms with van der Waals surface area (Å²) in [6.45, 7) is 11.0. The van der Waals surface area contributed by atoms with E-state index in [-0.39, 0.29) is 17.6 Å². The molecule has 2 aliphatic rings. The van der Waals surface area contributed by atoms with Gasteiger partial charge >= 0.3 is 0 Å². The van der Waals surface area contributed by atoms with Gasteiger partial charge in [0.05, 0.1) is 17.2 Å². The van der Waals surface area contributed by atoms with E-state index in [0.717, 1.165) is 38.9 Å². The number of hydrogen-bond donors (Lipinski definition) is 2. The molecule has 3 N–H and O–H groups in total. The quantitative estimate of drug-likeness (QED) is 0.759. The molecular weight excluding hydrogens is 254 g/mol. The van der Waals surface area contributed by atoms with Gasteiger partial charge in [0.15, 0.2) is 0 Å². The summed E-state index contributed by atoms with van der Waals surface area (Å²) in [6, 6.07) is 0.479. The maximum absolute atomic E-state index is 11.8. The van der Waals surface area contributed by atoms with Crippen molar-refractivity contribution in [3.05, 3.63) is 0 Å². The third-order valence-electron chi connectivity index (χ3n) is 4.21. The Morgan fingerprint density at radius 2 is 2.15 bits per heavy atom. The average Bonchev–Trinajstić information content (AvgIpc) is 3.07. The third-order valence-corrected chi connectivity index (χ3v) is 4.21. The van der Waals surface area contributed by atoms with Crippen molar-refractivity contribution in [2.45, 2.75) is 70.2 Å². The SMILES string of the molecule is CC1CN(CCC(C)(NC2CC2)C(N)=O)CC(C)(C)O1. The van der Waals surface area contributed by atoms with E-state index in [2.05, 4.69) is 31.0 Å². The molecule has 1 aliphatic heterocycles. The predicted molar refractivity (Wildman–Crippen MR) is 79.4 cm³/mol. The van der Waals surface area contributed by atoms with Gasteiger partial charge in [-0.25, -0.2) is 0 Å². The van der Waals surface area contributed by atoms with Crippen molar-refractivity contribution in [1.82, 2.24) is 10.2 Å². The zero-order valence-electron chi connectivity index (χ0n) is 13.2. The number of nitrogens with two attached hydrogens (primary N) is 1. The second-order valence-electron chi connectivity index (χ2n) is 7.29. The molecule has 0 aromatic carbocycles. The van der Waals surface area contributed by atoms with Gasteiger partial charge in [0.25, 0.3) is 0 Å². The maximum Gasteiger partial charge on any atom is 0.237 e. The summed E-state index contributed by atoms with van der Waals surface area (Å²) in [4.78, 5) is 14.1. The Morgan fingerprint density at radius 1 is 1.50 bits per heavy atom. The van der Waals surface area contributed by atoms with Crippen LogP contribution in [0.3, 0.4) is 0 Å². The van der Waals surface area contributed by atoms with Crippen molar-refractivity contribution < 1.29 is 9.53 Å². The summed E-state index contributed by atoms with van der Waals surface area (Å²) in [7, 11) is 0. The van der Waals surface area contributed by atoms with Crippen LogP contribution in [-0.2, 0) is 9.53 Å². The van der Waals surface area contributed by atoms with E-state index in [1.165, 1.54) is 0 Å². The first-order valence-corrected chi connectivity index (χ1v) is 7.68. The fourth-order valence-electron chi connectivity index (χ4n) is 3.08. The molecule has 0 aromatic heterocycles. The van der Waals surface area contributed by atoms with Crippen LogP contribution in [0.15, 0.2) is 0 Å². The van der Waals surface area contributed by atoms with Gasteiger partial charge in [-0.1, -0.05) is 0 Å². The number of carbonyl (C=O) groups is 1. The molecule has 5 heteroatoms. The van der Waals surface area contributed by atoms with E-state index in [1.807, 2.05) is 6.92 Å². The van der Waals surface area contributed by atoms with Crippen molar-refractivity contribution in [2.75, 3.05) is 19.6 Å². The number of primary amides is 1. The molecule has 2 unspecified atom stereocenters. The van der Waals surface area contributed by atoms with E-state index >= 15 is 0 Å². The van der Waals surface area contributed by atoms with Crippen LogP contribution in [-0.4, -0.2) is 53.7 Å². The van der Waals surface area contributed by atoms with E-state index in [0.29, 0.717) is 6.04 Å². The third kappa shape index (κ3) is 4.17. The van der Waals surface area contributed by atoms with Gasteiger partial charge in [0.2, 0.25) is 5.91 Å². The Morgan fingerprint density at radius 3 is 2.65 bits per heavy atom. The van der Waals surface area contributed by atoms with Gasteiger partial charge in [-0.2, -0.15) is 0 Å². The average molecular weight is 283 g/mol. The molecule has 0 radical (unpaired) electrons. The maximum atomic E-state index is 11.8. The van der Waals surface area contributed by atoms with Gasteiger partial charge < -0.3 is 15.8 Å².